The smallest absolute Gasteiger partial charge is 0.256 e. The first-order valence-electron chi connectivity index (χ1n) is 12.9. The van der Waals surface area contributed by atoms with Gasteiger partial charge < -0.3 is 10.2 Å². The molecule has 2 aliphatic rings. The number of carbonyl (C=O) groups excluding carboxylic acids is 1. The van der Waals surface area contributed by atoms with Gasteiger partial charge in [0.15, 0.2) is 0 Å². The van der Waals surface area contributed by atoms with Gasteiger partial charge in [0.05, 0.1) is 0 Å². The summed E-state index contributed by atoms with van der Waals surface area (Å²) in [6, 6.07) is 21.1. The third-order valence-corrected chi connectivity index (χ3v) is 8.03. The number of para-hydroxylation sites is 1. The van der Waals surface area contributed by atoms with E-state index in [2.05, 4.69) is 75.6 Å². The first kappa shape index (κ1) is 23.6. The fourth-order valence-corrected chi connectivity index (χ4v) is 5.87. The second kappa shape index (κ2) is 10.2. The Morgan fingerprint density at radius 3 is 2.43 bits per heavy atom. The number of aromatic nitrogens is 1. The first-order valence-corrected chi connectivity index (χ1v) is 12.9. The van der Waals surface area contributed by atoms with Crippen molar-refractivity contribution in [2.45, 2.75) is 45.1 Å². The van der Waals surface area contributed by atoms with Crippen molar-refractivity contribution < 1.29 is 4.79 Å². The molecule has 1 saturated heterocycles. The van der Waals surface area contributed by atoms with Crippen molar-refractivity contribution in [1.29, 1.82) is 0 Å². The molecule has 1 aromatic heterocycles. The summed E-state index contributed by atoms with van der Waals surface area (Å²) in [7, 11) is 0. The lowest BCUT2D eigenvalue weighted by Gasteiger charge is -2.51. The molecule has 5 nitrogen and oxygen atoms in total. The summed E-state index contributed by atoms with van der Waals surface area (Å²) in [5.74, 6) is 0.691. The van der Waals surface area contributed by atoms with E-state index in [0.29, 0.717) is 5.56 Å². The van der Waals surface area contributed by atoms with Crippen LogP contribution in [0, 0.1) is 12.8 Å². The van der Waals surface area contributed by atoms with E-state index in [-0.39, 0.29) is 11.4 Å². The van der Waals surface area contributed by atoms with Crippen LogP contribution in [0.25, 0.3) is 0 Å². The standard InChI is InChI=1S/C30H36N4O/c1-23-11-14-30(15-12-23,34-19-17-33(18-20-34)27-9-4-3-5-10-27)25-7-6-8-26(21-25)32-29(35)28-13-16-31-22-24(28)2/h3-10,13,16,21-23H,11-12,14-15,17-20H2,1-2H3,(H,32,35). The number of amides is 1. The highest BCUT2D eigenvalue weighted by Gasteiger charge is 2.42. The number of pyridine rings is 1. The number of hydrogen-bond acceptors (Lipinski definition) is 4. The van der Waals surface area contributed by atoms with Gasteiger partial charge in [0, 0.05) is 61.0 Å². The molecule has 1 aliphatic carbocycles. The predicted molar refractivity (Wildman–Crippen MR) is 143 cm³/mol. The fourth-order valence-electron chi connectivity index (χ4n) is 5.87. The van der Waals surface area contributed by atoms with Crippen LogP contribution in [0.4, 0.5) is 11.4 Å². The summed E-state index contributed by atoms with van der Waals surface area (Å²) < 4.78 is 0. The number of piperazine rings is 1. The van der Waals surface area contributed by atoms with E-state index in [1.54, 1.807) is 18.5 Å². The average Bonchev–Trinajstić information content (AvgIpc) is 2.90. The molecule has 3 aromatic rings. The molecule has 0 bridgehead atoms. The van der Waals surface area contributed by atoms with Crippen molar-refractivity contribution in [3.63, 3.8) is 0 Å². The van der Waals surface area contributed by atoms with Crippen molar-refractivity contribution in [2.75, 3.05) is 36.4 Å². The average molecular weight is 469 g/mol. The maximum absolute atomic E-state index is 13.0. The third kappa shape index (κ3) is 4.96. The number of nitrogens with zero attached hydrogens (tertiary/aromatic N) is 3. The fraction of sp³-hybridized carbons (Fsp3) is 0.400. The Morgan fingerprint density at radius 2 is 1.71 bits per heavy atom. The number of nitrogens with one attached hydrogen (secondary N) is 1. The SMILES string of the molecule is Cc1cnccc1C(=O)Nc1cccc(C2(N3CCN(c4ccccc4)CC3)CCC(C)CC2)c1. The molecule has 2 aromatic carbocycles. The minimum absolute atomic E-state index is 0.0304. The summed E-state index contributed by atoms with van der Waals surface area (Å²) in [6.07, 6.45) is 8.22. The Balaban J connectivity index is 1.38. The highest BCUT2D eigenvalue weighted by Crippen LogP contribution is 2.45. The van der Waals surface area contributed by atoms with Gasteiger partial charge in [0.1, 0.15) is 0 Å². The van der Waals surface area contributed by atoms with Crippen molar-refractivity contribution >= 4 is 17.3 Å². The zero-order chi connectivity index (χ0) is 24.3. The van der Waals surface area contributed by atoms with Crippen molar-refractivity contribution in [3.05, 3.63) is 89.7 Å². The summed E-state index contributed by atoms with van der Waals surface area (Å²) in [5.41, 5.74) is 5.10. The van der Waals surface area contributed by atoms with Gasteiger partial charge in [-0.25, -0.2) is 0 Å². The zero-order valence-electron chi connectivity index (χ0n) is 20.9. The second-order valence-corrected chi connectivity index (χ2v) is 10.2. The van der Waals surface area contributed by atoms with Crippen LogP contribution in [0.3, 0.4) is 0 Å². The van der Waals surface area contributed by atoms with Crippen LogP contribution >= 0.6 is 0 Å². The van der Waals surface area contributed by atoms with Gasteiger partial charge in [-0.05, 0) is 80.0 Å². The zero-order valence-corrected chi connectivity index (χ0v) is 20.9. The van der Waals surface area contributed by atoms with Gasteiger partial charge in [-0.1, -0.05) is 37.3 Å². The molecule has 1 N–H and O–H groups in total. The molecule has 1 amide bonds. The normalized spacial score (nSPS) is 23.1. The van der Waals surface area contributed by atoms with Crippen molar-refractivity contribution in [1.82, 2.24) is 9.88 Å². The summed E-state index contributed by atoms with van der Waals surface area (Å²) in [4.78, 5) is 22.3. The molecule has 0 unspecified atom stereocenters. The molecule has 5 heteroatoms. The molecule has 5 rings (SSSR count). The lowest BCUT2D eigenvalue weighted by atomic mass is 9.71. The Morgan fingerprint density at radius 1 is 0.971 bits per heavy atom. The topological polar surface area (TPSA) is 48.5 Å². The van der Waals surface area contributed by atoms with E-state index < -0.39 is 0 Å². The monoisotopic (exact) mass is 468 g/mol. The van der Waals surface area contributed by atoms with Crippen molar-refractivity contribution in [3.8, 4) is 0 Å². The van der Waals surface area contributed by atoms with Gasteiger partial charge in [-0.3, -0.25) is 14.7 Å². The minimum atomic E-state index is -0.0789. The summed E-state index contributed by atoms with van der Waals surface area (Å²) in [5, 5.41) is 3.14. The van der Waals surface area contributed by atoms with Crippen molar-refractivity contribution in [2.24, 2.45) is 5.92 Å². The first-order chi connectivity index (χ1) is 17.0. The molecule has 182 valence electrons. The van der Waals surface area contributed by atoms with E-state index in [1.165, 1.54) is 36.9 Å². The number of carbonyl (C=O) groups is 1. The molecule has 1 saturated carbocycles. The minimum Gasteiger partial charge on any atom is -0.369 e. The summed E-state index contributed by atoms with van der Waals surface area (Å²) >= 11 is 0. The van der Waals surface area contributed by atoms with E-state index >= 15 is 0 Å². The van der Waals surface area contributed by atoms with Crippen LogP contribution in [0.2, 0.25) is 0 Å². The lowest BCUT2D eigenvalue weighted by molar-refractivity contribution is 0.0299. The quantitative estimate of drug-likeness (QED) is 0.509. The van der Waals surface area contributed by atoms with Gasteiger partial charge in [0.2, 0.25) is 0 Å². The van der Waals surface area contributed by atoms with Crippen LogP contribution in [0.15, 0.2) is 73.1 Å². The molecule has 1 aliphatic heterocycles. The number of aryl methyl sites for hydroxylation is 1. The molecule has 0 atom stereocenters. The second-order valence-electron chi connectivity index (χ2n) is 10.2. The number of hydrogen-bond donors (Lipinski definition) is 1. The van der Waals surface area contributed by atoms with E-state index in [4.69, 9.17) is 0 Å². The largest absolute Gasteiger partial charge is 0.369 e. The van der Waals surface area contributed by atoms with E-state index in [9.17, 15) is 4.79 Å². The van der Waals surface area contributed by atoms with Crippen LogP contribution in [-0.4, -0.2) is 42.0 Å². The maximum atomic E-state index is 13.0. The predicted octanol–water partition coefficient (Wildman–Crippen LogP) is 5.87. The maximum Gasteiger partial charge on any atom is 0.256 e. The molecule has 2 fully saturated rings. The van der Waals surface area contributed by atoms with Gasteiger partial charge >= 0.3 is 0 Å². The van der Waals surface area contributed by atoms with Crippen LogP contribution in [0.5, 0.6) is 0 Å². The number of rotatable bonds is 5. The Bertz CT molecular complexity index is 1150. The van der Waals surface area contributed by atoms with E-state index in [1.807, 2.05) is 13.0 Å². The molecular weight excluding hydrogens is 432 g/mol. The summed E-state index contributed by atoms with van der Waals surface area (Å²) in [6.45, 7) is 8.49. The highest BCUT2D eigenvalue weighted by molar-refractivity contribution is 6.05. The molecule has 0 spiro atoms. The number of benzene rings is 2. The van der Waals surface area contributed by atoms with Gasteiger partial charge in [-0.15, -0.1) is 0 Å². The van der Waals surface area contributed by atoms with Gasteiger partial charge in [-0.2, -0.15) is 0 Å². The highest BCUT2D eigenvalue weighted by atomic mass is 16.1. The molecule has 0 radical (unpaired) electrons. The van der Waals surface area contributed by atoms with Crippen LogP contribution < -0.4 is 10.2 Å². The molecule has 2 heterocycles. The Kier molecular flexibility index (Phi) is 6.87. The lowest BCUT2D eigenvalue weighted by Crippen LogP contribution is -2.56. The molecule has 35 heavy (non-hydrogen) atoms. The van der Waals surface area contributed by atoms with E-state index in [0.717, 1.165) is 43.3 Å². The van der Waals surface area contributed by atoms with Gasteiger partial charge in [0.25, 0.3) is 5.91 Å². The Labute approximate surface area is 209 Å². The molecular formula is C30H36N4O. The Hall–Kier alpha value is -3.18. The third-order valence-electron chi connectivity index (χ3n) is 8.03. The number of anilines is 2. The van der Waals surface area contributed by atoms with Crippen LogP contribution in [0.1, 0.15) is 54.1 Å². The van der Waals surface area contributed by atoms with Crippen LogP contribution in [-0.2, 0) is 5.54 Å².